The standard InChI is InChI=1S/C22H16ClN3OS2/c1-2-11-26-20(27)19(13-15-7-6-10-17(23)12-15)29-22(26)25-21-24-18(14-28-21)16-8-4-3-5-9-16/h2-10,12-14H,1,11H2/b19-13-,25-22+. The molecule has 0 atom stereocenters. The Balaban J connectivity index is 1.64. The minimum absolute atomic E-state index is 0.103. The SMILES string of the molecule is C=CCN1C(=O)/C(=C/c2cccc(Cl)c2)S/C1=N/c1nc(-c2ccccc2)cs1. The van der Waals surface area contributed by atoms with Gasteiger partial charge in [-0.15, -0.1) is 17.9 Å². The molecular formula is C22H16ClN3OS2. The maximum absolute atomic E-state index is 12.9. The molecule has 2 heterocycles. The van der Waals surface area contributed by atoms with Gasteiger partial charge in [0.1, 0.15) is 0 Å². The molecule has 0 saturated carbocycles. The number of carbonyl (C=O) groups is 1. The van der Waals surface area contributed by atoms with E-state index in [4.69, 9.17) is 11.6 Å². The summed E-state index contributed by atoms with van der Waals surface area (Å²) in [5.74, 6) is -0.103. The van der Waals surface area contributed by atoms with E-state index < -0.39 is 0 Å². The van der Waals surface area contributed by atoms with Crippen LogP contribution in [0.3, 0.4) is 0 Å². The first-order chi connectivity index (χ1) is 14.1. The molecule has 29 heavy (non-hydrogen) atoms. The third-order valence-electron chi connectivity index (χ3n) is 4.10. The number of nitrogens with zero attached hydrogens (tertiary/aromatic N) is 3. The largest absolute Gasteiger partial charge is 0.282 e. The highest BCUT2D eigenvalue weighted by Crippen LogP contribution is 2.35. The van der Waals surface area contributed by atoms with E-state index in [2.05, 4.69) is 16.6 Å². The highest BCUT2D eigenvalue weighted by Gasteiger charge is 2.32. The predicted molar refractivity (Wildman–Crippen MR) is 124 cm³/mol. The molecule has 4 rings (SSSR count). The van der Waals surface area contributed by atoms with Crippen molar-refractivity contribution in [3.63, 3.8) is 0 Å². The first-order valence-corrected chi connectivity index (χ1v) is 10.9. The predicted octanol–water partition coefficient (Wildman–Crippen LogP) is 6.25. The van der Waals surface area contributed by atoms with Crippen molar-refractivity contribution in [2.75, 3.05) is 6.54 Å². The zero-order valence-corrected chi connectivity index (χ0v) is 17.7. The van der Waals surface area contributed by atoms with Crippen LogP contribution in [0.2, 0.25) is 5.02 Å². The summed E-state index contributed by atoms with van der Waals surface area (Å²) in [7, 11) is 0. The monoisotopic (exact) mass is 437 g/mol. The molecule has 1 aliphatic heterocycles. The van der Waals surface area contributed by atoms with E-state index in [1.54, 1.807) is 17.0 Å². The first kappa shape index (κ1) is 19.6. The van der Waals surface area contributed by atoms with Gasteiger partial charge in [-0.3, -0.25) is 9.69 Å². The molecule has 0 unspecified atom stereocenters. The van der Waals surface area contributed by atoms with Crippen LogP contribution in [0.4, 0.5) is 5.13 Å². The van der Waals surface area contributed by atoms with Gasteiger partial charge >= 0.3 is 0 Å². The molecule has 7 heteroatoms. The van der Waals surface area contributed by atoms with Crippen molar-refractivity contribution in [3.05, 3.63) is 88.1 Å². The molecule has 1 aromatic heterocycles. The molecule has 4 nitrogen and oxygen atoms in total. The number of aliphatic imine (C=N–C) groups is 1. The summed E-state index contributed by atoms with van der Waals surface area (Å²) >= 11 is 8.84. The van der Waals surface area contributed by atoms with Crippen LogP contribution < -0.4 is 0 Å². The third kappa shape index (κ3) is 4.50. The molecule has 0 aliphatic carbocycles. The van der Waals surface area contributed by atoms with Crippen molar-refractivity contribution in [1.29, 1.82) is 0 Å². The first-order valence-electron chi connectivity index (χ1n) is 8.81. The fraction of sp³-hybridized carbons (Fsp3) is 0.0455. The summed E-state index contributed by atoms with van der Waals surface area (Å²) in [6.07, 6.45) is 3.52. The molecule has 0 spiro atoms. The van der Waals surface area contributed by atoms with Crippen LogP contribution in [0.5, 0.6) is 0 Å². The molecule has 3 aromatic rings. The van der Waals surface area contributed by atoms with E-state index in [1.165, 1.54) is 23.1 Å². The number of halogens is 1. The second-order valence-electron chi connectivity index (χ2n) is 6.15. The number of hydrogen-bond acceptors (Lipinski definition) is 5. The van der Waals surface area contributed by atoms with Crippen molar-refractivity contribution >= 4 is 57.0 Å². The smallest absolute Gasteiger partial charge is 0.267 e. The Kier molecular flexibility index (Phi) is 5.94. The number of amidine groups is 1. The minimum atomic E-state index is -0.103. The molecular weight excluding hydrogens is 422 g/mol. The summed E-state index contributed by atoms with van der Waals surface area (Å²) < 4.78 is 0. The molecule has 144 valence electrons. The lowest BCUT2D eigenvalue weighted by atomic mass is 10.2. The van der Waals surface area contributed by atoms with Crippen molar-refractivity contribution < 1.29 is 4.79 Å². The van der Waals surface area contributed by atoms with E-state index in [9.17, 15) is 4.79 Å². The van der Waals surface area contributed by atoms with Gasteiger partial charge in [0.15, 0.2) is 5.17 Å². The van der Waals surface area contributed by atoms with Crippen LogP contribution >= 0.6 is 34.7 Å². The maximum Gasteiger partial charge on any atom is 0.267 e. The van der Waals surface area contributed by atoms with Crippen LogP contribution in [0, 0.1) is 0 Å². The van der Waals surface area contributed by atoms with Gasteiger partial charge in [-0.2, -0.15) is 4.99 Å². The van der Waals surface area contributed by atoms with Crippen LogP contribution in [0.25, 0.3) is 17.3 Å². The number of carbonyl (C=O) groups excluding carboxylic acids is 1. The van der Waals surface area contributed by atoms with Crippen LogP contribution in [-0.4, -0.2) is 27.5 Å². The van der Waals surface area contributed by atoms with Crippen LogP contribution in [0.15, 0.2) is 82.5 Å². The average Bonchev–Trinajstić information content (AvgIpc) is 3.30. The van der Waals surface area contributed by atoms with Crippen molar-refractivity contribution in [2.45, 2.75) is 0 Å². The fourth-order valence-corrected chi connectivity index (χ4v) is 4.71. The van der Waals surface area contributed by atoms with Gasteiger partial charge in [-0.1, -0.05) is 60.1 Å². The van der Waals surface area contributed by atoms with Gasteiger partial charge in [0.05, 0.1) is 10.6 Å². The topological polar surface area (TPSA) is 45.6 Å². The van der Waals surface area contributed by atoms with Gasteiger partial charge in [0.25, 0.3) is 5.91 Å². The van der Waals surface area contributed by atoms with E-state index in [0.29, 0.717) is 26.8 Å². The normalized spacial score (nSPS) is 16.7. The van der Waals surface area contributed by atoms with E-state index >= 15 is 0 Å². The molecule has 1 amide bonds. The van der Waals surface area contributed by atoms with E-state index in [1.807, 2.05) is 60.0 Å². The molecule has 1 fully saturated rings. The number of thioether (sulfide) groups is 1. The highest BCUT2D eigenvalue weighted by molar-refractivity contribution is 8.18. The van der Waals surface area contributed by atoms with Crippen molar-refractivity contribution in [3.8, 4) is 11.3 Å². The van der Waals surface area contributed by atoms with E-state index in [0.717, 1.165) is 16.8 Å². The second kappa shape index (κ2) is 8.78. The molecule has 2 aromatic carbocycles. The Morgan fingerprint density at radius 3 is 2.76 bits per heavy atom. The number of aromatic nitrogens is 1. The average molecular weight is 438 g/mol. The lowest BCUT2D eigenvalue weighted by Gasteiger charge is -2.11. The molecule has 0 N–H and O–H groups in total. The Hall–Kier alpha value is -2.67. The number of amides is 1. The summed E-state index contributed by atoms with van der Waals surface area (Å²) in [6, 6.07) is 17.3. The minimum Gasteiger partial charge on any atom is -0.282 e. The lowest BCUT2D eigenvalue weighted by molar-refractivity contribution is -0.121. The Bertz CT molecular complexity index is 1120. The summed E-state index contributed by atoms with van der Waals surface area (Å²) in [5.41, 5.74) is 2.78. The zero-order chi connectivity index (χ0) is 20.2. The quantitative estimate of drug-likeness (QED) is 0.350. The Morgan fingerprint density at radius 2 is 2.00 bits per heavy atom. The fourth-order valence-electron chi connectivity index (χ4n) is 2.77. The summed E-state index contributed by atoms with van der Waals surface area (Å²) in [6.45, 7) is 4.14. The van der Waals surface area contributed by atoms with Crippen LogP contribution in [0.1, 0.15) is 5.56 Å². The summed E-state index contributed by atoms with van der Waals surface area (Å²) in [4.78, 5) is 24.3. The summed E-state index contributed by atoms with van der Waals surface area (Å²) in [5, 5.41) is 3.80. The van der Waals surface area contributed by atoms with Gasteiger partial charge in [-0.05, 0) is 35.5 Å². The number of benzene rings is 2. The van der Waals surface area contributed by atoms with Gasteiger partial charge in [-0.25, -0.2) is 4.98 Å². The van der Waals surface area contributed by atoms with Gasteiger partial charge in [0.2, 0.25) is 5.13 Å². The molecule has 0 bridgehead atoms. The third-order valence-corrected chi connectivity index (χ3v) is 6.08. The van der Waals surface area contributed by atoms with E-state index in [-0.39, 0.29) is 5.91 Å². The van der Waals surface area contributed by atoms with Crippen LogP contribution in [-0.2, 0) is 4.79 Å². The van der Waals surface area contributed by atoms with Gasteiger partial charge in [0, 0.05) is 22.5 Å². The number of thiazole rings is 1. The second-order valence-corrected chi connectivity index (χ2v) is 8.43. The Labute approximate surface area is 182 Å². The number of hydrogen-bond donors (Lipinski definition) is 0. The number of rotatable bonds is 5. The maximum atomic E-state index is 12.9. The zero-order valence-electron chi connectivity index (χ0n) is 15.3. The molecule has 1 saturated heterocycles. The highest BCUT2D eigenvalue weighted by atomic mass is 35.5. The lowest BCUT2D eigenvalue weighted by Crippen LogP contribution is -2.29. The Morgan fingerprint density at radius 1 is 1.17 bits per heavy atom. The molecule has 1 aliphatic rings. The van der Waals surface area contributed by atoms with Gasteiger partial charge < -0.3 is 0 Å². The molecule has 0 radical (unpaired) electrons. The van der Waals surface area contributed by atoms with Crippen molar-refractivity contribution in [1.82, 2.24) is 9.88 Å². The van der Waals surface area contributed by atoms with Crippen molar-refractivity contribution in [2.24, 2.45) is 4.99 Å².